The Balaban J connectivity index is 2.03. The standard InChI is InChI=1S/C18H23N5O2/c1-4-23(5-2)17(24)14-7-6-8-15(11-14)21-18(25)22(3)13-16-12-19-9-10-20-16/h6-12H,4-5,13H2,1-3H3,(H,21,25). The molecule has 132 valence electrons. The van der Waals surface area contributed by atoms with Gasteiger partial charge in [0.1, 0.15) is 0 Å². The quantitative estimate of drug-likeness (QED) is 0.876. The number of hydrogen-bond donors (Lipinski definition) is 1. The van der Waals surface area contributed by atoms with E-state index in [4.69, 9.17) is 0 Å². The maximum absolute atomic E-state index is 12.4. The second-order valence-electron chi connectivity index (χ2n) is 5.54. The van der Waals surface area contributed by atoms with Crippen molar-refractivity contribution in [3.8, 4) is 0 Å². The Hall–Kier alpha value is -2.96. The lowest BCUT2D eigenvalue weighted by molar-refractivity contribution is 0.0773. The van der Waals surface area contributed by atoms with Gasteiger partial charge in [0.25, 0.3) is 5.91 Å². The summed E-state index contributed by atoms with van der Waals surface area (Å²) >= 11 is 0. The zero-order chi connectivity index (χ0) is 18.2. The predicted octanol–water partition coefficient (Wildman–Crippen LogP) is 2.62. The van der Waals surface area contributed by atoms with E-state index in [1.165, 1.54) is 4.90 Å². The van der Waals surface area contributed by atoms with E-state index in [1.54, 1.807) is 54.8 Å². The minimum atomic E-state index is -0.280. The molecule has 2 rings (SSSR count). The molecule has 1 aromatic carbocycles. The molecule has 0 bridgehead atoms. The van der Waals surface area contributed by atoms with Crippen LogP contribution in [-0.2, 0) is 6.54 Å². The lowest BCUT2D eigenvalue weighted by Crippen LogP contribution is -2.32. The van der Waals surface area contributed by atoms with E-state index in [9.17, 15) is 9.59 Å². The van der Waals surface area contributed by atoms with Gasteiger partial charge in [0.05, 0.1) is 18.4 Å². The molecule has 1 N–H and O–H groups in total. The third-order valence-electron chi connectivity index (χ3n) is 3.77. The maximum Gasteiger partial charge on any atom is 0.321 e. The van der Waals surface area contributed by atoms with Crippen molar-refractivity contribution in [1.82, 2.24) is 19.8 Å². The average molecular weight is 341 g/mol. The van der Waals surface area contributed by atoms with E-state index < -0.39 is 0 Å². The molecule has 3 amide bonds. The highest BCUT2D eigenvalue weighted by Gasteiger charge is 2.14. The molecular weight excluding hydrogens is 318 g/mol. The van der Waals surface area contributed by atoms with Crippen LogP contribution >= 0.6 is 0 Å². The van der Waals surface area contributed by atoms with Crippen LogP contribution in [0.15, 0.2) is 42.9 Å². The zero-order valence-electron chi connectivity index (χ0n) is 14.8. The fourth-order valence-electron chi connectivity index (χ4n) is 2.37. The first-order chi connectivity index (χ1) is 12.0. The molecule has 7 nitrogen and oxygen atoms in total. The zero-order valence-corrected chi connectivity index (χ0v) is 14.8. The second kappa shape index (κ2) is 8.77. The van der Waals surface area contributed by atoms with Gasteiger partial charge in [-0.25, -0.2) is 4.79 Å². The molecule has 0 fully saturated rings. The molecule has 0 unspecified atom stereocenters. The highest BCUT2D eigenvalue weighted by molar-refractivity contribution is 5.96. The number of aromatic nitrogens is 2. The SMILES string of the molecule is CCN(CC)C(=O)c1cccc(NC(=O)N(C)Cc2cnccn2)c1. The van der Waals surface area contributed by atoms with Crippen LogP contribution in [0.4, 0.5) is 10.5 Å². The minimum Gasteiger partial charge on any atom is -0.339 e. The molecule has 0 radical (unpaired) electrons. The van der Waals surface area contributed by atoms with Gasteiger partial charge in [-0.15, -0.1) is 0 Å². The topological polar surface area (TPSA) is 78.4 Å². The van der Waals surface area contributed by atoms with Gasteiger partial charge < -0.3 is 15.1 Å². The van der Waals surface area contributed by atoms with E-state index in [0.29, 0.717) is 36.6 Å². The van der Waals surface area contributed by atoms with E-state index in [-0.39, 0.29) is 11.9 Å². The number of urea groups is 1. The van der Waals surface area contributed by atoms with Gasteiger partial charge in [-0.05, 0) is 32.0 Å². The Bertz CT molecular complexity index is 716. The molecule has 0 aliphatic rings. The maximum atomic E-state index is 12.4. The van der Waals surface area contributed by atoms with Crippen LogP contribution in [0, 0.1) is 0 Å². The first kappa shape index (κ1) is 18.4. The minimum absolute atomic E-state index is 0.0472. The summed E-state index contributed by atoms with van der Waals surface area (Å²) in [6.07, 6.45) is 4.79. The molecular formula is C18H23N5O2. The summed E-state index contributed by atoms with van der Waals surface area (Å²) in [6, 6.07) is 6.68. The highest BCUT2D eigenvalue weighted by atomic mass is 16.2. The summed E-state index contributed by atoms with van der Waals surface area (Å²) in [4.78, 5) is 36.1. The number of hydrogen-bond acceptors (Lipinski definition) is 4. The van der Waals surface area contributed by atoms with Crippen molar-refractivity contribution in [1.29, 1.82) is 0 Å². The summed E-state index contributed by atoms with van der Waals surface area (Å²) in [6.45, 7) is 5.51. The molecule has 0 aliphatic heterocycles. The Morgan fingerprint density at radius 2 is 1.92 bits per heavy atom. The molecule has 25 heavy (non-hydrogen) atoms. The molecule has 2 aromatic rings. The number of carbonyl (C=O) groups excluding carboxylic acids is 2. The smallest absolute Gasteiger partial charge is 0.321 e. The first-order valence-corrected chi connectivity index (χ1v) is 8.21. The van der Waals surface area contributed by atoms with Gasteiger partial charge in [-0.3, -0.25) is 14.8 Å². The Labute approximate surface area is 147 Å². The van der Waals surface area contributed by atoms with Gasteiger partial charge in [0.15, 0.2) is 0 Å². The largest absolute Gasteiger partial charge is 0.339 e. The number of nitrogens with one attached hydrogen (secondary N) is 1. The monoisotopic (exact) mass is 341 g/mol. The lowest BCUT2D eigenvalue weighted by atomic mass is 10.1. The summed E-state index contributed by atoms with van der Waals surface area (Å²) in [7, 11) is 1.68. The average Bonchev–Trinajstić information content (AvgIpc) is 2.63. The van der Waals surface area contributed by atoms with Crippen LogP contribution < -0.4 is 5.32 Å². The normalized spacial score (nSPS) is 10.2. The van der Waals surface area contributed by atoms with Crippen molar-refractivity contribution in [3.05, 3.63) is 54.1 Å². The van der Waals surface area contributed by atoms with Crippen molar-refractivity contribution in [2.75, 3.05) is 25.5 Å². The van der Waals surface area contributed by atoms with Crippen LogP contribution in [0.2, 0.25) is 0 Å². The van der Waals surface area contributed by atoms with E-state index in [2.05, 4.69) is 15.3 Å². The highest BCUT2D eigenvalue weighted by Crippen LogP contribution is 2.14. The molecule has 0 aliphatic carbocycles. The number of anilines is 1. The molecule has 0 atom stereocenters. The van der Waals surface area contributed by atoms with E-state index >= 15 is 0 Å². The molecule has 0 saturated heterocycles. The summed E-state index contributed by atoms with van der Waals surface area (Å²) in [5, 5.41) is 2.80. The van der Waals surface area contributed by atoms with Crippen molar-refractivity contribution < 1.29 is 9.59 Å². The van der Waals surface area contributed by atoms with Crippen LogP contribution in [0.25, 0.3) is 0 Å². The van der Waals surface area contributed by atoms with Crippen LogP contribution in [0.1, 0.15) is 29.9 Å². The molecule has 0 saturated carbocycles. The number of benzene rings is 1. The number of nitrogens with zero attached hydrogens (tertiary/aromatic N) is 4. The third-order valence-corrected chi connectivity index (χ3v) is 3.77. The lowest BCUT2D eigenvalue weighted by Gasteiger charge is -2.20. The predicted molar refractivity (Wildman–Crippen MR) is 96.2 cm³/mol. The van der Waals surface area contributed by atoms with Crippen LogP contribution in [0.5, 0.6) is 0 Å². The van der Waals surface area contributed by atoms with Crippen molar-refractivity contribution >= 4 is 17.6 Å². The Morgan fingerprint density at radius 3 is 2.56 bits per heavy atom. The van der Waals surface area contributed by atoms with Crippen molar-refractivity contribution in [3.63, 3.8) is 0 Å². The molecule has 7 heteroatoms. The number of amides is 3. The van der Waals surface area contributed by atoms with Gasteiger partial charge in [-0.1, -0.05) is 6.07 Å². The van der Waals surface area contributed by atoms with Gasteiger partial charge in [-0.2, -0.15) is 0 Å². The van der Waals surface area contributed by atoms with Gasteiger partial charge in [0, 0.05) is 43.8 Å². The van der Waals surface area contributed by atoms with Crippen molar-refractivity contribution in [2.24, 2.45) is 0 Å². The molecule has 0 spiro atoms. The van der Waals surface area contributed by atoms with Gasteiger partial charge in [0.2, 0.25) is 0 Å². The van der Waals surface area contributed by atoms with Gasteiger partial charge >= 0.3 is 6.03 Å². The van der Waals surface area contributed by atoms with Crippen molar-refractivity contribution in [2.45, 2.75) is 20.4 Å². The summed E-state index contributed by atoms with van der Waals surface area (Å²) < 4.78 is 0. The first-order valence-electron chi connectivity index (χ1n) is 8.21. The van der Waals surface area contributed by atoms with E-state index in [1.807, 2.05) is 13.8 Å². The molecule has 1 heterocycles. The Morgan fingerprint density at radius 1 is 1.16 bits per heavy atom. The number of carbonyl (C=O) groups is 2. The molecule has 1 aromatic heterocycles. The summed E-state index contributed by atoms with van der Waals surface area (Å²) in [5.41, 5.74) is 1.83. The fourth-order valence-corrected chi connectivity index (χ4v) is 2.37. The number of rotatable bonds is 6. The van der Waals surface area contributed by atoms with Crippen LogP contribution in [-0.4, -0.2) is 51.8 Å². The van der Waals surface area contributed by atoms with Crippen LogP contribution in [0.3, 0.4) is 0 Å². The van der Waals surface area contributed by atoms with E-state index in [0.717, 1.165) is 0 Å². The Kier molecular flexibility index (Phi) is 6.45. The fraction of sp³-hybridized carbons (Fsp3) is 0.333. The summed E-state index contributed by atoms with van der Waals surface area (Å²) in [5.74, 6) is -0.0472. The second-order valence-corrected chi connectivity index (χ2v) is 5.54. The third kappa shape index (κ3) is 5.00.